The molecule has 1 aliphatic heterocycles. The normalized spacial score (nSPS) is 19.4. The highest BCUT2D eigenvalue weighted by atomic mass is 16.5. The van der Waals surface area contributed by atoms with E-state index in [1.54, 1.807) is 6.92 Å². The predicted molar refractivity (Wildman–Crippen MR) is 65.7 cm³/mol. The fourth-order valence-electron chi connectivity index (χ4n) is 1.95. The van der Waals surface area contributed by atoms with Crippen molar-refractivity contribution in [2.45, 2.75) is 38.8 Å². The van der Waals surface area contributed by atoms with Crippen LogP contribution in [0.1, 0.15) is 26.7 Å². The summed E-state index contributed by atoms with van der Waals surface area (Å²) in [6, 6.07) is -0.398. The van der Waals surface area contributed by atoms with Gasteiger partial charge in [0.05, 0.1) is 25.4 Å². The van der Waals surface area contributed by atoms with Crippen molar-refractivity contribution in [3.63, 3.8) is 0 Å². The van der Waals surface area contributed by atoms with Gasteiger partial charge in [-0.05, 0) is 26.7 Å². The smallest absolute Gasteiger partial charge is 0.239 e. The number of carbonyl (C=O) groups is 1. The van der Waals surface area contributed by atoms with Crippen LogP contribution in [-0.2, 0) is 14.3 Å². The number of amides is 1. The van der Waals surface area contributed by atoms with Crippen molar-refractivity contribution in [1.29, 1.82) is 0 Å². The number of nitrogens with zero attached hydrogens (tertiary/aromatic N) is 1. The summed E-state index contributed by atoms with van der Waals surface area (Å²) in [5.74, 6) is 0.0396. The molecule has 0 radical (unpaired) electrons. The van der Waals surface area contributed by atoms with Crippen molar-refractivity contribution in [1.82, 2.24) is 4.90 Å². The van der Waals surface area contributed by atoms with Crippen LogP contribution in [0.2, 0.25) is 0 Å². The Kier molecular flexibility index (Phi) is 6.47. The summed E-state index contributed by atoms with van der Waals surface area (Å²) in [7, 11) is 0. The zero-order valence-electron chi connectivity index (χ0n) is 10.9. The molecule has 1 atom stereocenters. The lowest BCUT2D eigenvalue weighted by Crippen LogP contribution is -2.47. The van der Waals surface area contributed by atoms with Gasteiger partial charge < -0.3 is 20.1 Å². The van der Waals surface area contributed by atoms with Crippen molar-refractivity contribution in [3.05, 3.63) is 0 Å². The first kappa shape index (κ1) is 14.4. The van der Waals surface area contributed by atoms with E-state index in [-0.39, 0.29) is 12.0 Å². The topological polar surface area (TPSA) is 64.8 Å². The van der Waals surface area contributed by atoms with Crippen LogP contribution in [-0.4, -0.2) is 55.9 Å². The number of hydrogen-bond donors (Lipinski definition) is 1. The van der Waals surface area contributed by atoms with Gasteiger partial charge in [-0.1, -0.05) is 0 Å². The molecule has 0 aromatic rings. The SMILES string of the molecule is CCOCCOC1CCN(C(=O)[C@@H](C)N)CC1. The van der Waals surface area contributed by atoms with Crippen LogP contribution in [0.4, 0.5) is 0 Å². The third-order valence-electron chi connectivity index (χ3n) is 2.93. The minimum atomic E-state index is -0.398. The average molecular weight is 244 g/mol. The van der Waals surface area contributed by atoms with Crippen molar-refractivity contribution in [3.8, 4) is 0 Å². The molecule has 1 heterocycles. The fourth-order valence-corrected chi connectivity index (χ4v) is 1.95. The molecule has 0 spiro atoms. The third-order valence-corrected chi connectivity index (χ3v) is 2.93. The Hall–Kier alpha value is -0.650. The van der Waals surface area contributed by atoms with E-state index in [0.29, 0.717) is 13.2 Å². The highest BCUT2D eigenvalue weighted by Crippen LogP contribution is 2.14. The van der Waals surface area contributed by atoms with Gasteiger partial charge in [-0.2, -0.15) is 0 Å². The number of carbonyl (C=O) groups excluding carboxylic acids is 1. The largest absolute Gasteiger partial charge is 0.379 e. The highest BCUT2D eigenvalue weighted by Gasteiger charge is 2.24. The molecule has 5 nitrogen and oxygen atoms in total. The summed E-state index contributed by atoms with van der Waals surface area (Å²) in [6.07, 6.45) is 2.04. The van der Waals surface area contributed by atoms with Gasteiger partial charge in [0, 0.05) is 19.7 Å². The van der Waals surface area contributed by atoms with Crippen LogP contribution in [0, 0.1) is 0 Å². The van der Waals surface area contributed by atoms with Crippen molar-refractivity contribution in [2.24, 2.45) is 5.73 Å². The van der Waals surface area contributed by atoms with Crippen LogP contribution in [0.3, 0.4) is 0 Å². The Morgan fingerprint density at radius 2 is 2.06 bits per heavy atom. The summed E-state index contributed by atoms with van der Waals surface area (Å²) in [5, 5.41) is 0. The quantitative estimate of drug-likeness (QED) is 0.686. The molecule has 1 saturated heterocycles. The summed E-state index contributed by atoms with van der Waals surface area (Å²) in [6.45, 7) is 7.21. The van der Waals surface area contributed by atoms with Crippen LogP contribution in [0.5, 0.6) is 0 Å². The summed E-state index contributed by atoms with van der Waals surface area (Å²) >= 11 is 0. The molecule has 1 rings (SSSR count). The maximum atomic E-state index is 11.6. The second-order valence-corrected chi connectivity index (χ2v) is 4.38. The van der Waals surface area contributed by atoms with Gasteiger partial charge in [-0.15, -0.1) is 0 Å². The van der Waals surface area contributed by atoms with Crippen LogP contribution in [0.25, 0.3) is 0 Å². The second-order valence-electron chi connectivity index (χ2n) is 4.38. The monoisotopic (exact) mass is 244 g/mol. The standard InChI is InChI=1S/C12H24N2O3/c1-3-16-8-9-17-11-4-6-14(7-5-11)12(15)10(2)13/h10-11H,3-9,13H2,1-2H3/t10-/m1/s1. The van der Waals surface area contributed by atoms with E-state index in [2.05, 4.69) is 0 Å². The number of likely N-dealkylation sites (tertiary alicyclic amines) is 1. The molecule has 0 saturated carbocycles. The van der Waals surface area contributed by atoms with E-state index in [1.807, 2.05) is 11.8 Å². The predicted octanol–water partition coefficient (Wildman–Crippen LogP) is 0.378. The van der Waals surface area contributed by atoms with Gasteiger partial charge in [0.15, 0.2) is 0 Å². The molecular formula is C12H24N2O3. The molecule has 0 aliphatic carbocycles. The molecule has 0 aromatic carbocycles. The fraction of sp³-hybridized carbons (Fsp3) is 0.917. The minimum Gasteiger partial charge on any atom is -0.379 e. The lowest BCUT2D eigenvalue weighted by atomic mass is 10.1. The van der Waals surface area contributed by atoms with Gasteiger partial charge in [0.25, 0.3) is 0 Å². The zero-order valence-corrected chi connectivity index (χ0v) is 10.9. The summed E-state index contributed by atoms with van der Waals surface area (Å²) in [4.78, 5) is 13.5. The third kappa shape index (κ3) is 5.02. The molecular weight excluding hydrogens is 220 g/mol. The molecule has 0 bridgehead atoms. The number of hydrogen-bond acceptors (Lipinski definition) is 4. The van der Waals surface area contributed by atoms with Gasteiger partial charge in [-0.25, -0.2) is 0 Å². The van der Waals surface area contributed by atoms with E-state index < -0.39 is 6.04 Å². The molecule has 100 valence electrons. The molecule has 5 heteroatoms. The van der Waals surface area contributed by atoms with Gasteiger partial charge in [-0.3, -0.25) is 4.79 Å². The van der Waals surface area contributed by atoms with E-state index in [0.717, 1.165) is 32.5 Å². The van der Waals surface area contributed by atoms with Crippen LogP contribution < -0.4 is 5.73 Å². The lowest BCUT2D eigenvalue weighted by Gasteiger charge is -2.32. The van der Waals surface area contributed by atoms with Crippen molar-refractivity contribution >= 4 is 5.91 Å². The number of piperidine rings is 1. The molecule has 1 aliphatic rings. The Labute approximate surface area is 103 Å². The minimum absolute atomic E-state index is 0.0396. The Bertz CT molecular complexity index is 226. The summed E-state index contributed by atoms with van der Waals surface area (Å²) in [5.41, 5.74) is 5.58. The van der Waals surface area contributed by atoms with Crippen molar-refractivity contribution in [2.75, 3.05) is 32.9 Å². The maximum absolute atomic E-state index is 11.6. The van der Waals surface area contributed by atoms with Crippen LogP contribution >= 0.6 is 0 Å². The first-order valence-corrected chi connectivity index (χ1v) is 6.38. The molecule has 0 aromatic heterocycles. The van der Waals surface area contributed by atoms with E-state index in [1.165, 1.54) is 0 Å². The average Bonchev–Trinajstić information content (AvgIpc) is 2.34. The molecule has 0 unspecified atom stereocenters. The highest BCUT2D eigenvalue weighted by molar-refractivity contribution is 5.81. The Balaban J connectivity index is 2.15. The Morgan fingerprint density at radius 3 is 2.59 bits per heavy atom. The van der Waals surface area contributed by atoms with Gasteiger partial charge in [0.1, 0.15) is 0 Å². The number of rotatable bonds is 6. The number of ether oxygens (including phenoxy) is 2. The lowest BCUT2D eigenvalue weighted by molar-refractivity contribution is -0.135. The summed E-state index contributed by atoms with van der Waals surface area (Å²) < 4.78 is 10.9. The Morgan fingerprint density at radius 1 is 1.41 bits per heavy atom. The zero-order chi connectivity index (χ0) is 12.7. The maximum Gasteiger partial charge on any atom is 0.239 e. The molecule has 1 fully saturated rings. The van der Waals surface area contributed by atoms with E-state index in [9.17, 15) is 4.79 Å². The molecule has 1 amide bonds. The van der Waals surface area contributed by atoms with Crippen LogP contribution in [0.15, 0.2) is 0 Å². The molecule has 2 N–H and O–H groups in total. The second kappa shape index (κ2) is 7.63. The van der Waals surface area contributed by atoms with Gasteiger partial charge in [0.2, 0.25) is 5.91 Å². The first-order valence-electron chi connectivity index (χ1n) is 6.38. The van der Waals surface area contributed by atoms with E-state index >= 15 is 0 Å². The van der Waals surface area contributed by atoms with Crippen molar-refractivity contribution < 1.29 is 14.3 Å². The first-order chi connectivity index (χ1) is 8.15. The van der Waals surface area contributed by atoms with E-state index in [4.69, 9.17) is 15.2 Å². The number of nitrogens with two attached hydrogens (primary N) is 1. The van der Waals surface area contributed by atoms with Gasteiger partial charge >= 0.3 is 0 Å². The molecule has 17 heavy (non-hydrogen) atoms.